The number of methoxy groups -OCH3 is 2. The first-order valence-corrected chi connectivity index (χ1v) is 9.60. The van der Waals surface area contributed by atoms with Gasteiger partial charge in [0.15, 0.2) is 16.6 Å². The first-order chi connectivity index (χ1) is 13.5. The summed E-state index contributed by atoms with van der Waals surface area (Å²) in [6.07, 6.45) is 0. The van der Waals surface area contributed by atoms with Crippen molar-refractivity contribution in [1.82, 2.24) is 10.3 Å². The minimum atomic E-state index is -0.141. The number of amides is 1. The Morgan fingerprint density at radius 1 is 1.11 bits per heavy atom. The number of benzene rings is 2. The van der Waals surface area contributed by atoms with E-state index in [1.165, 1.54) is 11.3 Å². The standard InChI is InChI=1S/C21H23N3O3S/c1-14-19(28-21(23-14)24(2)16-8-6-5-7-9-16)20(25)22-13-15-10-11-17(26-3)18(12-15)27-4/h5-12H,13H2,1-4H3,(H,22,25). The van der Waals surface area contributed by atoms with Crippen molar-refractivity contribution in [3.05, 3.63) is 64.7 Å². The van der Waals surface area contributed by atoms with Crippen molar-refractivity contribution in [2.75, 3.05) is 26.2 Å². The first kappa shape index (κ1) is 19.7. The smallest absolute Gasteiger partial charge is 0.263 e. The molecule has 146 valence electrons. The van der Waals surface area contributed by atoms with E-state index >= 15 is 0 Å². The van der Waals surface area contributed by atoms with Gasteiger partial charge in [0.25, 0.3) is 5.91 Å². The van der Waals surface area contributed by atoms with E-state index in [9.17, 15) is 4.79 Å². The SMILES string of the molecule is COc1ccc(CNC(=O)c2sc(N(C)c3ccccc3)nc2C)cc1OC. The highest BCUT2D eigenvalue weighted by Crippen LogP contribution is 2.30. The molecule has 0 atom stereocenters. The molecule has 1 aromatic heterocycles. The van der Waals surface area contributed by atoms with E-state index in [1.54, 1.807) is 14.2 Å². The van der Waals surface area contributed by atoms with Crippen molar-refractivity contribution >= 4 is 28.1 Å². The van der Waals surface area contributed by atoms with Gasteiger partial charge in [0, 0.05) is 19.3 Å². The Hall–Kier alpha value is -3.06. The molecule has 0 unspecified atom stereocenters. The van der Waals surface area contributed by atoms with Gasteiger partial charge in [0.2, 0.25) is 0 Å². The molecule has 1 heterocycles. The summed E-state index contributed by atoms with van der Waals surface area (Å²) in [5.74, 6) is 1.15. The van der Waals surface area contributed by atoms with Gasteiger partial charge >= 0.3 is 0 Å². The Balaban J connectivity index is 1.71. The Morgan fingerprint density at radius 2 is 1.82 bits per heavy atom. The number of nitrogens with one attached hydrogen (secondary N) is 1. The van der Waals surface area contributed by atoms with Gasteiger partial charge in [0.05, 0.1) is 19.9 Å². The topological polar surface area (TPSA) is 63.7 Å². The third-order valence-corrected chi connectivity index (χ3v) is 5.56. The molecule has 0 radical (unpaired) electrons. The van der Waals surface area contributed by atoms with Crippen LogP contribution in [0.1, 0.15) is 20.9 Å². The summed E-state index contributed by atoms with van der Waals surface area (Å²) in [5.41, 5.74) is 2.66. The number of carbonyl (C=O) groups is 1. The zero-order chi connectivity index (χ0) is 20.1. The zero-order valence-electron chi connectivity index (χ0n) is 16.4. The maximum absolute atomic E-state index is 12.7. The lowest BCUT2D eigenvalue weighted by Crippen LogP contribution is -2.22. The molecule has 6 nitrogen and oxygen atoms in total. The number of rotatable bonds is 7. The molecule has 0 fully saturated rings. The number of anilines is 2. The molecule has 0 aliphatic rings. The van der Waals surface area contributed by atoms with Crippen LogP contribution in [0.15, 0.2) is 48.5 Å². The fourth-order valence-electron chi connectivity index (χ4n) is 2.75. The molecule has 0 spiro atoms. The van der Waals surface area contributed by atoms with Crippen LogP contribution in [-0.2, 0) is 6.54 Å². The van der Waals surface area contributed by atoms with Crippen molar-refractivity contribution < 1.29 is 14.3 Å². The summed E-state index contributed by atoms with van der Waals surface area (Å²) < 4.78 is 10.5. The Kier molecular flexibility index (Phi) is 6.16. The molecule has 1 amide bonds. The third-order valence-electron chi connectivity index (χ3n) is 4.32. The molecule has 0 bridgehead atoms. The maximum atomic E-state index is 12.7. The van der Waals surface area contributed by atoms with E-state index in [-0.39, 0.29) is 5.91 Å². The monoisotopic (exact) mass is 397 g/mol. The van der Waals surface area contributed by atoms with E-state index in [1.807, 2.05) is 67.4 Å². The summed E-state index contributed by atoms with van der Waals surface area (Å²) in [6.45, 7) is 2.24. The number of hydrogen-bond acceptors (Lipinski definition) is 6. The summed E-state index contributed by atoms with van der Waals surface area (Å²) in [4.78, 5) is 19.8. The number of aromatic nitrogens is 1. The van der Waals surface area contributed by atoms with Gasteiger partial charge in [-0.2, -0.15) is 0 Å². The number of thiazole rings is 1. The van der Waals surface area contributed by atoms with Gasteiger partial charge in [-0.25, -0.2) is 4.98 Å². The van der Waals surface area contributed by atoms with Gasteiger partial charge in [-0.1, -0.05) is 35.6 Å². The van der Waals surface area contributed by atoms with E-state index in [4.69, 9.17) is 9.47 Å². The minimum Gasteiger partial charge on any atom is -0.493 e. The van der Waals surface area contributed by atoms with Crippen molar-refractivity contribution in [2.24, 2.45) is 0 Å². The number of nitrogens with zero attached hydrogens (tertiary/aromatic N) is 2. The third kappa shape index (κ3) is 4.26. The van der Waals surface area contributed by atoms with Gasteiger partial charge < -0.3 is 19.7 Å². The lowest BCUT2D eigenvalue weighted by molar-refractivity contribution is 0.0954. The number of hydrogen-bond donors (Lipinski definition) is 1. The molecule has 2 aromatic carbocycles. The minimum absolute atomic E-state index is 0.141. The predicted molar refractivity (Wildman–Crippen MR) is 112 cm³/mol. The number of aryl methyl sites for hydroxylation is 1. The van der Waals surface area contributed by atoms with Crippen molar-refractivity contribution in [3.8, 4) is 11.5 Å². The molecule has 0 saturated carbocycles. The second kappa shape index (κ2) is 8.75. The lowest BCUT2D eigenvalue weighted by Gasteiger charge is -2.15. The van der Waals surface area contributed by atoms with Crippen molar-refractivity contribution in [3.63, 3.8) is 0 Å². The molecule has 3 rings (SSSR count). The quantitative estimate of drug-likeness (QED) is 0.648. The molecule has 7 heteroatoms. The van der Waals surface area contributed by atoms with Gasteiger partial charge in [0.1, 0.15) is 4.88 Å². The highest BCUT2D eigenvalue weighted by atomic mass is 32.1. The Morgan fingerprint density at radius 3 is 2.50 bits per heavy atom. The van der Waals surface area contributed by atoms with Gasteiger partial charge in [-0.05, 0) is 36.8 Å². The molecular weight excluding hydrogens is 374 g/mol. The van der Waals surface area contributed by atoms with Crippen LogP contribution in [0.2, 0.25) is 0 Å². The zero-order valence-corrected chi connectivity index (χ0v) is 17.2. The molecule has 0 aliphatic carbocycles. The van der Waals surface area contributed by atoms with E-state index < -0.39 is 0 Å². The van der Waals surface area contributed by atoms with Crippen molar-refractivity contribution in [2.45, 2.75) is 13.5 Å². The highest BCUT2D eigenvalue weighted by Gasteiger charge is 2.18. The van der Waals surface area contributed by atoms with Crippen LogP contribution in [0.25, 0.3) is 0 Å². The fourth-order valence-corrected chi connectivity index (χ4v) is 3.72. The van der Waals surface area contributed by atoms with Crippen LogP contribution in [0, 0.1) is 6.92 Å². The highest BCUT2D eigenvalue weighted by molar-refractivity contribution is 7.17. The largest absolute Gasteiger partial charge is 0.493 e. The molecule has 28 heavy (non-hydrogen) atoms. The summed E-state index contributed by atoms with van der Waals surface area (Å²) in [7, 11) is 5.13. The average Bonchev–Trinajstić information content (AvgIpc) is 3.13. The van der Waals surface area contributed by atoms with Gasteiger partial charge in [-0.15, -0.1) is 0 Å². The fraction of sp³-hybridized carbons (Fsp3) is 0.238. The summed E-state index contributed by atoms with van der Waals surface area (Å²) in [6, 6.07) is 15.5. The number of carbonyl (C=O) groups excluding carboxylic acids is 1. The second-order valence-corrected chi connectivity index (χ2v) is 7.16. The summed E-state index contributed by atoms with van der Waals surface area (Å²) in [5, 5.41) is 3.73. The van der Waals surface area contributed by atoms with Crippen LogP contribution < -0.4 is 19.7 Å². The van der Waals surface area contributed by atoms with Gasteiger partial charge in [-0.3, -0.25) is 4.79 Å². The Bertz CT molecular complexity index is 957. The lowest BCUT2D eigenvalue weighted by atomic mass is 10.2. The number of ether oxygens (including phenoxy) is 2. The predicted octanol–water partition coefficient (Wildman–Crippen LogP) is 4.17. The van der Waals surface area contributed by atoms with E-state index in [2.05, 4.69) is 10.3 Å². The first-order valence-electron chi connectivity index (χ1n) is 8.78. The summed E-state index contributed by atoms with van der Waals surface area (Å²) >= 11 is 1.38. The van der Waals surface area contributed by atoms with Crippen LogP contribution in [0.3, 0.4) is 0 Å². The van der Waals surface area contributed by atoms with E-state index in [0.717, 1.165) is 16.4 Å². The Labute approximate surface area is 168 Å². The van der Waals surface area contributed by atoms with Crippen molar-refractivity contribution in [1.29, 1.82) is 0 Å². The van der Waals surface area contributed by atoms with E-state index in [0.29, 0.717) is 28.6 Å². The van der Waals surface area contributed by atoms with Crippen LogP contribution in [0.4, 0.5) is 10.8 Å². The van der Waals surface area contributed by atoms with Crippen LogP contribution >= 0.6 is 11.3 Å². The molecule has 3 aromatic rings. The average molecular weight is 398 g/mol. The molecule has 1 N–H and O–H groups in total. The normalized spacial score (nSPS) is 10.4. The molecule has 0 aliphatic heterocycles. The van der Waals surface area contributed by atoms with Crippen LogP contribution in [-0.4, -0.2) is 32.2 Å². The molecular formula is C21H23N3O3S. The number of para-hydroxylation sites is 1. The maximum Gasteiger partial charge on any atom is 0.263 e. The second-order valence-electron chi connectivity index (χ2n) is 6.18. The molecule has 0 saturated heterocycles. The van der Waals surface area contributed by atoms with Crippen LogP contribution in [0.5, 0.6) is 11.5 Å².